The van der Waals surface area contributed by atoms with Crippen molar-refractivity contribution in [3.8, 4) is 11.3 Å². The molecular formula is C27H36BrN5O5Si. The molecule has 0 aliphatic carbocycles. The van der Waals surface area contributed by atoms with Gasteiger partial charge in [-0.05, 0) is 29.8 Å². The van der Waals surface area contributed by atoms with Crippen LogP contribution in [-0.4, -0.2) is 50.5 Å². The summed E-state index contributed by atoms with van der Waals surface area (Å²) in [6, 6.07) is 15.2. The van der Waals surface area contributed by atoms with Crippen LogP contribution in [0.5, 0.6) is 0 Å². The number of rotatable bonds is 12. The number of benzene rings is 2. The molecule has 0 saturated carbocycles. The first kappa shape index (κ1) is 30.3. The van der Waals surface area contributed by atoms with Gasteiger partial charge in [0.15, 0.2) is 0 Å². The largest absolute Gasteiger partial charge is 0.453 e. The fourth-order valence-corrected chi connectivity index (χ4v) is 4.90. The Kier molecular flexibility index (Phi) is 11.1. The molecule has 39 heavy (non-hydrogen) atoms. The van der Waals surface area contributed by atoms with Gasteiger partial charge in [-0.15, -0.1) is 0 Å². The second-order valence-corrected chi connectivity index (χ2v) is 16.6. The van der Waals surface area contributed by atoms with Gasteiger partial charge in [-0.3, -0.25) is 5.32 Å². The first-order valence-corrected chi connectivity index (χ1v) is 17.1. The first-order valence-electron chi connectivity index (χ1n) is 12.6. The molecule has 1 aromatic heterocycles. The fourth-order valence-electron chi connectivity index (χ4n) is 3.57. The average Bonchev–Trinajstić information content (AvgIpc) is 3.32. The topological polar surface area (TPSA) is 141 Å². The zero-order chi connectivity index (χ0) is 28.4. The minimum Gasteiger partial charge on any atom is -0.453 e. The number of hydrogen-bond acceptors (Lipinski definition) is 7. The van der Waals surface area contributed by atoms with E-state index in [2.05, 4.69) is 55.9 Å². The van der Waals surface area contributed by atoms with Gasteiger partial charge in [0, 0.05) is 36.9 Å². The number of H-pyrrole nitrogens is 1. The maximum absolute atomic E-state index is 12.5. The quantitative estimate of drug-likeness (QED) is 0.149. The van der Waals surface area contributed by atoms with E-state index >= 15 is 0 Å². The molecule has 210 valence electrons. The summed E-state index contributed by atoms with van der Waals surface area (Å²) < 4.78 is 16.8. The molecule has 2 aromatic carbocycles. The van der Waals surface area contributed by atoms with Crippen molar-refractivity contribution in [3.05, 3.63) is 70.1 Å². The third kappa shape index (κ3) is 9.50. The van der Waals surface area contributed by atoms with Crippen LogP contribution in [0, 0.1) is 0 Å². The monoisotopic (exact) mass is 617 g/mol. The molecular weight excluding hydrogens is 582 g/mol. The van der Waals surface area contributed by atoms with Crippen LogP contribution in [0.2, 0.25) is 25.7 Å². The number of aromatic nitrogens is 2. The summed E-state index contributed by atoms with van der Waals surface area (Å²) >= 11 is 3.59. The lowest BCUT2D eigenvalue weighted by Crippen LogP contribution is -2.34. The van der Waals surface area contributed by atoms with E-state index in [9.17, 15) is 9.59 Å². The van der Waals surface area contributed by atoms with Gasteiger partial charge < -0.3 is 30.2 Å². The van der Waals surface area contributed by atoms with Gasteiger partial charge >= 0.3 is 12.2 Å². The molecule has 0 fully saturated rings. The third-order valence-electron chi connectivity index (χ3n) is 5.77. The summed E-state index contributed by atoms with van der Waals surface area (Å²) in [5.41, 5.74) is 9.62. The van der Waals surface area contributed by atoms with Crippen LogP contribution in [0.1, 0.15) is 23.1 Å². The number of methoxy groups -OCH3 is 1. The molecule has 0 radical (unpaired) electrons. The van der Waals surface area contributed by atoms with E-state index < -0.39 is 26.3 Å². The number of nitrogens with two attached hydrogens (primary N) is 1. The van der Waals surface area contributed by atoms with Crippen LogP contribution in [0.25, 0.3) is 11.3 Å². The molecule has 0 unspecified atom stereocenters. The van der Waals surface area contributed by atoms with Gasteiger partial charge in [-0.2, -0.15) is 0 Å². The lowest BCUT2D eigenvalue weighted by molar-refractivity contribution is 0.130. The highest BCUT2D eigenvalue weighted by Gasteiger charge is 2.23. The number of carbonyl (C=O) groups is 2. The number of hydrogen-bond donors (Lipinski definition) is 4. The fraction of sp³-hybridized carbons (Fsp3) is 0.370. The molecule has 3 rings (SSSR count). The smallest absolute Gasteiger partial charge is 0.411 e. The number of anilines is 1. The number of aromatic amines is 1. The number of ether oxygens (including phenoxy) is 3. The van der Waals surface area contributed by atoms with Crippen LogP contribution < -0.4 is 16.4 Å². The van der Waals surface area contributed by atoms with Gasteiger partial charge in [0.1, 0.15) is 18.5 Å². The van der Waals surface area contributed by atoms with Gasteiger partial charge in [0.25, 0.3) is 0 Å². The van der Waals surface area contributed by atoms with E-state index in [0.717, 1.165) is 22.9 Å². The molecule has 0 saturated heterocycles. The minimum absolute atomic E-state index is 0.104. The SMILES string of the molecule is COC(=O)Nc1ccc(-c2nc([C@H](CN)NC(=O)OCc3ccccc3)[nH]c2COCC[Si](C)(C)C)c(Br)c1. The molecule has 1 heterocycles. The van der Waals surface area contributed by atoms with Crippen LogP contribution in [0.4, 0.5) is 15.3 Å². The van der Waals surface area contributed by atoms with Crippen molar-refractivity contribution >= 4 is 41.9 Å². The summed E-state index contributed by atoms with van der Waals surface area (Å²) in [5.74, 6) is 0.483. The number of amides is 2. The molecule has 1 atom stereocenters. The number of nitrogens with one attached hydrogen (secondary N) is 3. The van der Waals surface area contributed by atoms with E-state index in [-0.39, 0.29) is 13.2 Å². The van der Waals surface area contributed by atoms with Gasteiger partial charge in [0.05, 0.1) is 25.1 Å². The second kappa shape index (κ2) is 14.3. The molecule has 2 amide bonds. The van der Waals surface area contributed by atoms with Gasteiger partial charge in [0.2, 0.25) is 0 Å². The summed E-state index contributed by atoms with van der Waals surface area (Å²) in [6.45, 7) is 8.08. The Morgan fingerprint density at radius 1 is 1.10 bits per heavy atom. The number of carbonyl (C=O) groups excluding carboxylic acids is 2. The van der Waals surface area contributed by atoms with E-state index in [0.29, 0.717) is 34.9 Å². The molecule has 3 aromatic rings. The molecule has 12 heteroatoms. The summed E-state index contributed by atoms with van der Waals surface area (Å²) in [7, 11) is 0.0480. The number of imidazole rings is 1. The Bertz CT molecular complexity index is 1250. The number of alkyl carbamates (subject to hydrolysis) is 1. The summed E-state index contributed by atoms with van der Waals surface area (Å²) in [6.07, 6.45) is -1.16. The molecule has 0 aliphatic rings. The predicted octanol–water partition coefficient (Wildman–Crippen LogP) is 5.80. The number of nitrogens with zero attached hydrogens (tertiary/aromatic N) is 1. The second-order valence-electron chi connectivity index (χ2n) is 10.1. The highest BCUT2D eigenvalue weighted by molar-refractivity contribution is 9.10. The van der Waals surface area contributed by atoms with E-state index in [1.54, 1.807) is 12.1 Å². The summed E-state index contributed by atoms with van der Waals surface area (Å²) in [4.78, 5) is 32.2. The van der Waals surface area contributed by atoms with Crippen LogP contribution in [-0.2, 0) is 27.4 Å². The molecule has 10 nitrogen and oxygen atoms in total. The van der Waals surface area contributed by atoms with Crippen molar-refractivity contribution in [3.63, 3.8) is 0 Å². The van der Waals surface area contributed by atoms with Crippen molar-refractivity contribution in [2.45, 2.75) is 44.9 Å². The highest BCUT2D eigenvalue weighted by Crippen LogP contribution is 2.33. The lowest BCUT2D eigenvalue weighted by atomic mass is 10.1. The summed E-state index contributed by atoms with van der Waals surface area (Å²) in [5, 5.41) is 5.44. The predicted molar refractivity (Wildman–Crippen MR) is 157 cm³/mol. The zero-order valence-electron chi connectivity index (χ0n) is 22.7. The van der Waals surface area contributed by atoms with Crippen molar-refractivity contribution in [1.82, 2.24) is 15.3 Å². The van der Waals surface area contributed by atoms with Crippen molar-refractivity contribution in [2.24, 2.45) is 5.73 Å². The lowest BCUT2D eigenvalue weighted by Gasteiger charge is -2.15. The average molecular weight is 619 g/mol. The van der Waals surface area contributed by atoms with Crippen molar-refractivity contribution in [1.29, 1.82) is 0 Å². The van der Waals surface area contributed by atoms with E-state index in [1.165, 1.54) is 7.11 Å². The molecule has 0 spiro atoms. The standard InChI is InChI=1S/C27H36BrN5O5Si/c1-36-26(34)30-19-10-11-20(21(28)14-19)24-23(17-37-12-13-39(2,3)4)31-25(33-24)22(15-29)32-27(35)38-16-18-8-6-5-7-9-18/h5-11,14,22H,12-13,15-17,29H2,1-4H3,(H,30,34)(H,31,33)(H,32,35)/t22-/m0/s1. The Morgan fingerprint density at radius 2 is 1.85 bits per heavy atom. The Morgan fingerprint density at radius 3 is 2.49 bits per heavy atom. The van der Waals surface area contributed by atoms with Crippen molar-refractivity contribution in [2.75, 3.05) is 25.6 Å². The van der Waals surface area contributed by atoms with E-state index in [4.69, 9.17) is 20.2 Å². The Balaban J connectivity index is 1.81. The van der Waals surface area contributed by atoms with Gasteiger partial charge in [-0.1, -0.05) is 65.9 Å². The molecule has 0 aliphatic heterocycles. The maximum atomic E-state index is 12.5. The zero-order valence-corrected chi connectivity index (χ0v) is 25.3. The minimum atomic E-state index is -1.26. The van der Waals surface area contributed by atoms with Gasteiger partial charge in [-0.25, -0.2) is 14.6 Å². The maximum Gasteiger partial charge on any atom is 0.411 e. The first-order chi connectivity index (χ1) is 18.6. The molecule has 5 N–H and O–H groups in total. The van der Waals surface area contributed by atoms with Crippen LogP contribution in [0.15, 0.2) is 53.0 Å². The molecule has 0 bridgehead atoms. The van der Waals surface area contributed by atoms with Crippen LogP contribution >= 0.6 is 15.9 Å². The highest BCUT2D eigenvalue weighted by atomic mass is 79.9. The van der Waals surface area contributed by atoms with Crippen molar-refractivity contribution < 1.29 is 23.8 Å². The van der Waals surface area contributed by atoms with Crippen LogP contribution in [0.3, 0.4) is 0 Å². The van der Waals surface area contributed by atoms with E-state index in [1.807, 2.05) is 36.4 Å². The normalized spacial score (nSPS) is 12.1. The Hall–Kier alpha value is -3.19. The third-order valence-corrected chi connectivity index (χ3v) is 8.13. The Labute approximate surface area is 238 Å². The number of halogens is 1.